The van der Waals surface area contributed by atoms with Crippen molar-refractivity contribution in [2.75, 3.05) is 13.1 Å². The number of carbonyl (C=O) groups is 2. The molecule has 1 aromatic heterocycles. The molecule has 0 unspecified atom stereocenters. The number of nitrogens with one attached hydrogen (secondary N) is 1. The highest BCUT2D eigenvalue weighted by molar-refractivity contribution is 6.04. The number of allylic oxidation sites excluding steroid dienone is 1. The predicted molar refractivity (Wildman–Crippen MR) is 87.9 cm³/mol. The first-order valence-corrected chi connectivity index (χ1v) is 8.17. The van der Waals surface area contributed by atoms with E-state index in [9.17, 15) is 14.9 Å². The first-order valence-electron chi connectivity index (χ1n) is 8.17. The van der Waals surface area contributed by atoms with E-state index in [1.807, 2.05) is 38.7 Å². The molecule has 1 N–H and O–H groups in total. The van der Waals surface area contributed by atoms with Crippen LogP contribution in [0.5, 0.6) is 0 Å². The van der Waals surface area contributed by atoms with Crippen LogP contribution in [0.25, 0.3) is 0 Å². The number of rotatable bonds is 1. The van der Waals surface area contributed by atoms with Crippen molar-refractivity contribution >= 4 is 11.7 Å². The van der Waals surface area contributed by atoms with Crippen LogP contribution < -0.4 is 0 Å². The van der Waals surface area contributed by atoms with Gasteiger partial charge < -0.3 is 4.90 Å². The number of aryl methyl sites for hydroxylation is 1. The highest BCUT2D eigenvalue weighted by Gasteiger charge is 2.53. The van der Waals surface area contributed by atoms with Gasteiger partial charge in [-0.1, -0.05) is 26.8 Å². The molecule has 24 heavy (non-hydrogen) atoms. The van der Waals surface area contributed by atoms with Crippen LogP contribution in [0.1, 0.15) is 43.2 Å². The number of ketones is 1. The van der Waals surface area contributed by atoms with E-state index < -0.39 is 5.41 Å². The van der Waals surface area contributed by atoms with Gasteiger partial charge >= 0.3 is 0 Å². The largest absolute Gasteiger partial charge is 0.338 e. The number of nitrogens with zero attached hydrogens (tertiary/aromatic N) is 3. The number of H-pyrrole nitrogens is 1. The van der Waals surface area contributed by atoms with E-state index in [2.05, 4.69) is 10.2 Å². The number of nitriles is 1. The molecule has 6 heteroatoms. The standard InChI is InChI=1S/C18H22N4O2/c1-11-13(9-20-21-11)16(24)22-6-5-14-17(2,3)15(23)12(8-19)7-18(14,4)10-22/h7,9,14H,5-6,10H2,1-4H3,(H,20,21)/t14-,18+/m1/s1. The second kappa shape index (κ2) is 5.30. The van der Waals surface area contributed by atoms with Gasteiger partial charge in [-0.25, -0.2) is 0 Å². The number of aromatic nitrogens is 2. The first-order chi connectivity index (χ1) is 11.2. The molecule has 1 saturated heterocycles. The molecular weight excluding hydrogens is 304 g/mol. The predicted octanol–water partition coefficient (Wildman–Crippen LogP) is 2.25. The molecule has 1 fully saturated rings. The molecule has 1 aliphatic carbocycles. The number of piperidine rings is 1. The number of aromatic amines is 1. The van der Waals surface area contributed by atoms with Gasteiger partial charge in [0.1, 0.15) is 6.07 Å². The van der Waals surface area contributed by atoms with Crippen LogP contribution in [-0.4, -0.2) is 39.9 Å². The van der Waals surface area contributed by atoms with Crippen molar-refractivity contribution in [3.8, 4) is 6.07 Å². The van der Waals surface area contributed by atoms with Crippen molar-refractivity contribution in [1.82, 2.24) is 15.1 Å². The monoisotopic (exact) mass is 326 g/mol. The number of hydrogen-bond donors (Lipinski definition) is 1. The third-order valence-electron chi connectivity index (χ3n) is 5.66. The van der Waals surface area contributed by atoms with Gasteiger partial charge in [-0.2, -0.15) is 10.4 Å². The van der Waals surface area contributed by atoms with Crippen LogP contribution in [-0.2, 0) is 4.79 Å². The Bertz CT molecular complexity index is 783. The third-order valence-corrected chi connectivity index (χ3v) is 5.66. The summed E-state index contributed by atoms with van der Waals surface area (Å²) in [5.74, 6) is -0.0235. The molecule has 0 radical (unpaired) electrons. The number of hydrogen-bond acceptors (Lipinski definition) is 4. The molecular formula is C18H22N4O2. The van der Waals surface area contributed by atoms with E-state index in [1.165, 1.54) is 0 Å². The number of likely N-dealkylation sites (tertiary alicyclic amines) is 1. The van der Waals surface area contributed by atoms with Crippen molar-refractivity contribution < 1.29 is 9.59 Å². The van der Waals surface area contributed by atoms with Crippen LogP contribution >= 0.6 is 0 Å². The van der Waals surface area contributed by atoms with Gasteiger partial charge in [0.25, 0.3) is 5.91 Å². The topological polar surface area (TPSA) is 89.8 Å². The minimum Gasteiger partial charge on any atom is -0.338 e. The summed E-state index contributed by atoms with van der Waals surface area (Å²) >= 11 is 0. The molecule has 1 aromatic rings. The molecule has 126 valence electrons. The molecule has 0 spiro atoms. The summed E-state index contributed by atoms with van der Waals surface area (Å²) in [7, 11) is 0. The fourth-order valence-electron chi connectivity index (χ4n) is 4.44. The van der Waals surface area contributed by atoms with Crippen LogP contribution in [0.2, 0.25) is 0 Å². The molecule has 0 bridgehead atoms. The minimum atomic E-state index is -0.588. The van der Waals surface area contributed by atoms with E-state index in [1.54, 1.807) is 12.3 Å². The van der Waals surface area contributed by atoms with Crippen LogP contribution in [0.15, 0.2) is 17.8 Å². The molecule has 0 saturated carbocycles. The Morgan fingerprint density at radius 3 is 2.75 bits per heavy atom. The summed E-state index contributed by atoms with van der Waals surface area (Å²) in [5, 5.41) is 16.0. The van der Waals surface area contributed by atoms with E-state index in [0.29, 0.717) is 18.7 Å². The summed E-state index contributed by atoms with van der Waals surface area (Å²) in [6.45, 7) is 8.81. The SMILES string of the molecule is Cc1[nH]ncc1C(=O)N1CC[C@@H]2C(C)(C)C(=O)C(C#N)=C[C@@]2(C)C1. The normalized spacial score (nSPS) is 28.8. The Balaban J connectivity index is 1.95. The second-order valence-electron chi connectivity index (χ2n) is 7.70. The van der Waals surface area contributed by atoms with Crippen molar-refractivity contribution in [3.05, 3.63) is 29.1 Å². The van der Waals surface area contributed by atoms with Gasteiger partial charge in [0, 0.05) is 29.6 Å². The van der Waals surface area contributed by atoms with Crippen LogP contribution in [0.4, 0.5) is 0 Å². The number of carbonyl (C=O) groups excluding carboxylic acids is 2. The average molecular weight is 326 g/mol. The van der Waals surface area contributed by atoms with Crippen molar-refractivity contribution in [2.24, 2.45) is 16.7 Å². The molecule has 3 rings (SSSR count). The lowest BCUT2D eigenvalue weighted by atomic mass is 9.55. The summed E-state index contributed by atoms with van der Waals surface area (Å²) in [5.41, 5.74) is 0.573. The van der Waals surface area contributed by atoms with Crippen molar-refractivity contribution in [3.63, 3.8) is 0 Å². The van der Waals surface area contributed by atoms with Gasteiger partial charge in [-0.15, -0.1) is 0 Å². The first kappa shape index (κ1) is 16.4. The Hall–Kier alpha value is -2.42. The van der Waals surface area contributed by atoms with E-state index in [4.69, 9.17) is 0 Å². The quantitative estimate of drug-likeness (QED) is 0.857. The van der Waals surface area contributed by atoms with E-state index >= 15 is 0 Å². The zero-order valence-electron chi connectivity index (χ0n) is 14.5. The summed E-state index contributed by atoms with van der Waals surface area (Å²) in [6.07, 6.45) is 4.08. The Morgan fingerprint density at radius 2 is 2.17 bits per heavy atom. The van der Waals surface area contributed by atoms with E-state index in [0.717, 1.165) is 12.1 Å². The van der Waals surface area contributed by atoms with Gasteiger partial charge in [0.05, 0.1) is 17.3 Å². The number of Topliss-reactive ketones (excluding diaryl/α,β-unsaturated/α-hetero) is 1. The van der Waals surface area contributed by atoms with Crippen LogP contribution in [0.3, 0.4) is 0 Å². The fourth-order valence-corrected chi connectivity index (χ4v) is 4.44. The van der Waals surface area contributed by atoms with Gasteiger partial charge in [-0.3, -0.25) is 14.7 Å². The van der Waals surface area contributed by atoms with Gasteiger partial charge in [-0.05, 0) is 19.3 Å². The maximum Gasteiger partial charge on any atom is 0.257 e. The molecule has 2 heterocycles. The highest BCUT2D eigenvalue weighted by atomic mass is 16.2. The summed E-state index contributed by atoms with van der Waals surface area (Å²) in [6, 6.07) is 2.04. The van der Waals surface area contributed by atoms with Gasteiger partial charge in [0.15, 0.2) is 5.78 Å². The fraction of sp³-hybridized carbons (Fsp3) is 0.556. The summed E-state index contributed by atoms with van der Waals surface area (Å²) in [4.78, 5) is 27.1. The highest BCUT2D eigenvalue weighted by Crippen LogP contribution is 2.52. The lowest BCUT2D eigenvalue weighted by molar-refractivity contribution is -0.131. The maximum atomic E-state index is 12.8. The van der Waals surface area contributed by atoms with Gasteiger partial charge in [0.2, 0.25) is 0 Å². The molecule has 2 aliphatic rings. The molecule has 1 aliphatic heterocycles. The zero-order valence-corrected chi connectivity index (χ0v) is 14.5. The molecule has 6 nitrogen and oxygen atoms in total. The third kappa shape index (κ3) is 2.27. The van der Waals surface area contributed by atoms with Crippen LogP contribution in [0, 0.1) is 35.0 Å². The minimum absolute atomic E-state index is 0.0532. The Labute approximate surface area is 141 Å². The lowest BCUT2D eigenvalue weighted by Crippen LogP contribution is -2.56. The Kier molecular flexibility index (Phi) is 3.63. The number of amides is 1. The van der Waals surface area contributed by atoms with Crippen molar-refractivity contribution in [2.45, 2.75) is 34.1 Å². The molecule has 1 amide bonds. The summed E-state index contributed by atoms with van der Waals surface area (Å²) < 4.78 is 0. The lowest BCUT2D eigenvalue weighted by Gasteiger charge is -2.52. The molecule has 0 aromatic carbocycles. The smallest absolute Gasteiger partial charge is 0.257 e. The zero-order chi connectivity index (χ0) is 17.7. The number of fused-ring (bicyclic) bond motifs is 1. The Morgan fingerprint density at radius 1 is 1.46 bits per heavy atom. The van der Waals surface area contributed by atoms with Crippen molar-refractivity contribution in [1.29, 1.82) is 5.26 Å². The average Bonchev–Trinajstić information content (AvgIpc) is 2.95. The van der Waals surface area contributed by atoms with E-state index in [-0.39, 0.29) is 28.6 Å². The maximum absolute atomic E-state index is 12.8. The second-order valence-corrected chi connectivity index (χ2v) is 7.70. The molecule has 2 atom stereocenters.